The molecule has 2 aromatic heterocycles. The Morgan fingerprint density at radius 2 is 1.85 bits per heavy atom. The second-order valence-corrected chi connectivity index (χ2v) is 9.85. The molecule has 10 nitrogen and oxygen atoms in total. The SMILES string of the molecule is CCn1c(=C(C#N)C(=O)NCC(F)(F)F)sc(=CNc2cccc(NC(=O)CN(C)CCc3ccccc3)n2)c1=O. The maximum atomic E-state index is 12.8. The van der Waals surface area contributed by atoms with Crippen LogP contribution in [0.1, 0.15) is 12.5 Å². The van der Waals surface area contributed by atoms with E-state index in [2.05, 4.69) is 15.6 Å². The third-order valence-electron chi connectivity index (χ3n) is 5.63. The molecule has 0 aliphatic rings. The molecule has 1 aromatic carbocycles. The minimum Gasteiger partial charge on any atom is -0.345 e. The molecule has 0 atom stereocenters. The number of thiazole rings is 1. The summed E-state index contributed by atoms with van der Waals surface area (Å²) in [6.45, 7) is 0.914. The molecule has 41 heavy (non-hydrogen) atoms. The highest BCUT2D eigenvalue weighted by molar-refractivity contribution is 7.07. The normalized spacial score (nSPS) is 12.6. The highest BCUT2D eigenvalue weighted by atomic mass is 32.1. The van der Waals surface area contributed by atoms with Crippen LogP contribution in [0.5, 0.6) is 0 Å². The molecular weight excluding hydrogens is 559 g/mol. The van der Waals surface area contributed by atoms with Gasteiger partial charge in [-0.3, -0.25) is 23.9 Å². The summed E-state index contributed by atoms with van der Waals surface area (Å²) in [5, 5.41) is 16.7. The molecule has 0 unspecified atom stereocenters. The number of likely N-dealkylation sites (N-methyl/N-ethyl adjacent to an activating group) is 1. The van der Waals surface area contributed by atoms with E-state index >= 15 is 0 Å². The first-order valence-electron chi connectivity index (χ1n) is 12.5. The lowest BCUT2D eigenvalue weighted by Gasteiger charge is -2.16. The number of halogens is 3. The number of carbonyl (C=O) groups excluding carboxylic acids is 2. The number of nitriles is 1. The van der Waals surface area contributed by atoms with Crippen molar-refractivity contribution in [3.05, 3.63) is 73.6 Å². The fraction of sp³-hybridized carbons (Fsp3) is 0.296. The Kier molecular flexibility index (Phi) is 10.8. The predicted octanol–water partition coefficient (Wildman–Crippen LogP) is 1.64. The molecule has 2 heterocycles. The smallest absolute Gasteiger partial charge is 0.345 e. The fourth-order valence-electron chi connectivity index (χ4n) is 3.65. The highest BCUT2D eigenvalue weighted by Crippen LogP contribution is 2.12. The Morgan fingerprint density at radius 1 is 1.15 bits per heavy atom. The van der Waals surface area contributed by atoms with Crippen molar-refractivity contribution in [3.8, 4) is 6.07 Å². The van der Waals surface area contributed by atoms with Crippen LogP contribution < -0.4 is 30.7 Å². The first-order valence-corrected chi connectivity index (χ1v) is 13.3. The number of nitrogens with one attached hydrogen (secondary N) is 3. The molecule has 0 spiro atoms. The Hall–Kier alpha value is -4.48. The molecule has 0 saturated heterocycles. The number of nitrogens with zero attached hydrogens (tertiary/aromatic N) is 4. The zero-order valence-corrected chi connectivity index (χ0v) is 23.1. The van der Waals surface area contributed by atoms with Crippen molar-refractivity contribution >= 4 is 46.6 Å². The number of anilines is 2. The third-order valence-corrected chi connectivity index (χ3v) is 6.76. The number of hydrogen-bond acceptors (Lipinski definition) is 8. The summed E-state index contributed by atoms with van der Waals surface area (Å²) in [6.07, 6.45) is -2.54. The van der Waals surface area contributed by atoms with Crippen LogP contribution in [0.25, 0.3) is 11.8 Å². The van der Waals surface area contributed by atoms with Crippen LogP contribution in [-0.4, -0.2) is 59.1 Å². The van der Waals surface area contributed by atoms with Gasteiger partial charge in [-0.2, -0.15) is 18.4 Å². The maximum absolute atomic E-state index is 12.8. The van der Waals surface area contributed by atoms with Crippen molar-refractivity contribution < 1.29 is 22.8 Å². The zero-order chi connectivity index (χ0) is 30.0. The average molecular weight is 588 g/mol. The lowest BCUT2D eigenvalue weighted by Crippen LogP contribution is -2.37. The Morgan fingerprint density at radius 3 is 2.51 bits per heavy atom. The van der Waals surface area contributed by atoms with Crippen molar-refractivity contribution in [3.63, 3.8) is 0 Å². The topological polar surface area (TPSA) is 132 Å². The van der Waals surface area contributed by atoms with Crippen LogP contribution >= 0.6 is 11.3 Å². The van der Waals surface area contributed by atoms with Crippen LogP contribution in [0.4, 0.5) is 24.8 Å². The van der Waals surface area contributed by atoms with Crippen LogP contribution in [0.15, 0.2) is 53.3 Å². The Balaban J connectivity index is 1.71. The maximum Gasteiger partial charge on any atom is 0.405 e. The number of amides is 2. The van der Waals surface area contributed by atoms with Gasteiger partial charge in [0.15, 0.2) is 5.57 Å². The molecule has 2 amide bonds. The summed E-state index contributed by atoms with van der Waals surface area (Å²) < 4.78 is 38.7. The standard InChI is InChI=1S/C27H28F3N7O3S/c1-3-37-25(40)20(41-26(37)19(14-31)24(39)33-17-27(28,29)30)15-32-21-10-7-11-22(34-21)35-23(38)16-36(2)13-12-18-8-5-4-6-9-18/h4-11,15H,3,12-13,16-17H2,1-2H3,(H,33,39)(H2,32,34,35,38). The lowest BCUT2D eigenvalue weighted by molar-refractivity contribution is -0.135. The van der Waals surface area contributed by atoms with E-state index < -0.39 is 29.8 Å². The van der Waals surface area contributed by atoms with E-state index in [1.54, 1.807) is 36.5 Å². The van der Waals surface area contributed by atoms with Crippen molar-refractivity contribution in [2.45, 2.75) is 26.1 Å². The first-order chi connectivity index (χ1) is 19.5. The zero-order valence-electron chi connectivity index (χ0n) is 22.3. The molecule has 14 heteroatoms. The minimum atomic E-state index is -4.65. The van der Waals surface area contributed by atoms with E-state index in [1.165, 1.54) is 11.8 Å². The van der Waals surface area contributed by atoms with Gasteiger partial charge in [0.2, 0.25) is 5.91 Å². The number of pyridine rings is 1. The number of benzene rings is 1. The van der Waals surface area contributed by atoms with Gasteiger partial charge in [0.05, 0.1) is 6.54 Å². The summed E-state index contributed by atoms with van der Waals surface area (Å²) in [7, 11) is 1.84. The Labute approximate surface area is 237 Å². The van der Waals surface area contributed by atoms with Crippen molar-refractivity contribution in [2.24, 2.45) is 0 Å². The van der Waals surface area contributed by atoms with E-state index in [0.717, 1.165) is 22.3 Å². The minimum absolute atomic E-state index is 0.0712. The van der Waals surface area contributed by atoms with Crippen LogP contribution in [0.3, 0.4) is 0 Å². The predicted molar refractivity (Wildman–Crippen MR) is 150 cm³/mol. The largest absolute Gasteiger partial charge is 0.405 e. The lowest BCUT2D eigenvalue weighted by atomic mass is 10.1. The van der Waals surface area contributed by atoms with Gasteiger partial charge in [0.25, 0.3) is 11.5 Å². The van der Waals surface area contributed by atoms with E-state index in [4.69, 9.17) is 0 Å². The third kappa shape index (κ3) is 9.30. The van der Waals surface area contributed by atoms with Gasteiger partial charge in [-0.1, -0.05) is 36.4 Å². The van der Waals surface area contributed by atoms with Crippen molar-refractivity contribution in [2.75, 3.05) is 37.3 Å². The van der Waals surface area contributed by atoms with Crippen LogP contribution in [0, 0.1) is 11.3 Å². The molecule has 3 N–H and O–H groups in total. The van der Waals surface area contributed by atoms with E-state index in [9.17, 15) is 32.8 Å². The number of aromatic nitrogens is 2. The molecule has 0 aliphatic heterocycles. The van der Waals surface area contributed by atoms with Crippen LogP contribution in [-0.2, 0) is 22.6 Å². The molecule has 0 saturated carbocycles. The van der Waals surface area contributed by atoms with E-state index in [0.29, 0.717) is 12.4 Å². The summed E-state index contributed by atoms with van der Waals surface area (Å²) in [6, 6.07) is 16.4. The van der Waals surface area contributed by atoms with Gasteiger partial charge >= 0.3 is 6.18 Å². The summed E-state index contributed by atoms with van der Waals surface area (Å²) in [4.78, 5) is 43.8. The summed E-state index contributed by atoms with van der Waals surface area (Å²) in [5.74, 6) is -0.913. The van der Waals surface area contributed by atoms with Gasteiger partial charge in [-0.25, -0.2) is 4.98 Å². The number of hydrogen-bond donors (Lipinski definition) is 3. The molecule has 3 rings (SSSR count). The molecule has 0 aliphatic carbocycles. The summed E-state index contributed by atoms with van der Waals surface area (Å²) in [5.41, 5.74) is 0.0280. The van der Waals surface area contributed by atoms with E-state index in [-0.39, 0.29) is 34.0 Å². The first kappa shape index (κ1) is 31.1. The molecule has 0 fully saturated rings. The molecular formula is C27H28F3N7O3S. The quantitative estimate of drug-likeness (QED) is 0.311. The van der Waals surface area contributed by atoms with E-state index in [1.807, 2.05) is 42.3 Å². The monoisotopic (exact) mass is 587 g/mol. The number of rotatable bonds is 11. The fourth-order valence-corrected chi connectivity index (χ4v) is 4.74. The second kappa shape index (κ2) is 14.2. The molecule has 0 radical (unpaired) electrons. The van der Waals surface area contributed by atoms with Gasteiger partial charge in [-0.05, 0) is 38.1 Å². The molecule has 216 valence electrons. The van der Waals surface area contributed by atoms with Gasteiger partial charge in [-0.15, -0.1) is 11.3 Å². The highest BCUT2D eigenvalue weighted by Gasteiger charge is 2.29. The second-order valence-electron chi connectivity index (χ2n) is 8.82. The number of carbonyl (C=O) groups is 2. The molecule has 0 bridgehead atoms. The summed E-state index contributed by atoms with van der Waals surface area (Å²) >= 11 is 0.777. The Bertz CT molecular complexity index is 1590. The van der Waals surface area contributed by atoms with Gasteiger partial charge in [0.1, 0.15) is 33.4 Å². The number of alkyl halides is 3. The van der Waals surface area contributed by atoms with Gasteiger partial charge < -0.3 is 16.0 Å². The molecule has 3 aromatic rings. The van der Waals surface area contributed by atoms with Crippen LogP contribution in [0.2, 0.25) is 0 Å². The van der Waals surface area contributed by atoms with Crippen molar-refractivity contribution in [1.82, 2.24) is 19.8 Å². The van der Waals surface area contributed by atoms with Crippen molar-refractivity contribution in [1.29, 1.82) is 5.26 Å². The van der Waals surface area contributed by atoms with Gasteiger partial charge in [0, 0.05) is 19.3 Å². The average Bonchev–Trinajstić information content (AvgIpc) is 3.24.